The van der Waals surface area contributed by atoms with Crippen LogP contribution in [0.15, 0.2) is 59.6 Å². The Morgan fingerprint density at radius 3 is 2.34 bits per heavy atom. The quantitative estimate of drug-likeness (QED) is 0.495. The third kappa shape index (κ3) is 5.59. The molecule has 11 heteroatoms. The second kappa shape index (κ2) is 9.20. The maximum atomic E-state index is 12.7. The predicted molar refractivity (Wildman–Crippen MR) is 124 cm³/mol. The van der Waals surface area contributed by atoms with E-state index in [4.69, 9.17) is 10.3 Å². The number of amides is 1. The maximum Gasteiger partial charge on any atom is 0.278 e. The largest absolute Gasteiger partial charge is 0.382 e. The van der Waals surface area contributed by atoms with Gasteiger partial charge in [0, 0.05) is 25.0 Å². The molecular weight excluding hydrogens is 451 g/mol. The summed E-state index contributed by atoms with van der Waals surface area (Å²) in [5.41, 5.74) is 7.89. The molecule has 1 aromatic heterocycles. The first-order chi connectivity index (χ1) is 15.0. The number of nitrogen functional groups attached to an aromatic ring is 1. The van der Waals surface area contributed by atoms with Crippen LogP contribution in [0.3, 0.4) is 0 Å². The summed E-state index contributed by atoms with van der Waals surface area (Å²) < 4.78 is 41.7. The highest BCUT2D eigenvalue weighted by molar-refractivity contribution is 7.98. The highest BCUT2D eigenvalue weighted by Gasteiger charge is 2.26. The van der Waals surface area contributed by atoms with E-state index in [1.807, 2.05) is 31.2 Å². The minimum atomic E-state index is -3.82. The van der Waals surface area contributed by atoms with Crippen molar-refractivity contribution in [2.24, 2.45) is 0 Å². The summed E-state index contributed by atoms with van der Waals surface area (Å²) in [4.78, 5) is 21.1. The number of anilines is 2. The first-order valence-electron chi connectivity index (χ1n) is 9.47. The lowest BCUT2D eigenvalue weighted by Gasteiger charge is -2.12. The lowest BCUT2D eigenvalue weighted by atomic mass is 10.1. The molecule has 3 aromatic rings. The van der Waals surface area contributed by atoms with Crippen molar-refractivity contribution in [1.82, 2.24) is 9.97 Å². The Kier molecular flexibility index (Phi) is 6.78. The molecule has 3 N–H and O–H groups in total. The molecule has 2 aromatic carbocycles. The number of rotatable bonds is 7. The summed E-state index contributed by atoms with van der Waals surface area (Å²) in [6.07, 6.45) is 1.49. The van der Waals surface area contributed by atoms with E-state index in [9.17, 15) is 17.8 Å². The summed E-state index contributed by atoms with van der Waals surface area (Å²) >= 11 is 0. The third-order valence-electron chi connectivity index (χ3n) is 4.63. The van der Waals surface area contributed by atoms with Gasteiger partial charge >= 0.3 is 0 Å². The van der Waals surface area contributed by atoms with Crippen LogP contribution in [0.1, 0.15) is 16.1 Å². The molecule has 168 valence electrons. The van der Waals surface area contributed by atoms with Crippen molar-refractivity contribution < 1.29 is 22.3 Å². The fourth-order valence-electron chi connectivity index (χ4n) is 2.80. The van der Waals surface area contributed by atoms with Gasteiger partial charge in [-0.3, -0.25) is 9.36 Å². The van der Waals surface area contributed by atoms with E-state index in [0.717, 1.165) is 11.1 Å². The zero-order valence-corrected chi connectivity index (χ0v) is 19.5. The molecule has 32 heavy (non-hydrogen) atoms. The molecule has 0 spiro atoms. The Bertz CT molecular complexity index is 1290. The van der Waals surface area contributed by atoms with Gasteiger partial charge in [-0.1, -0.05) is 29.8 Å². The van der Waals surface area contributed by atoms with Crippen molar-refractivity contribution in [3.8, 4) is 11.3 Å². The fourth-order valence-corrected chi connectivity index (χ4v) is 6.84. The molecule has 0 fully saturated rings. The van der Waals surface area contributed by atoms with Gasteiger partial charge in [0.2, 0.25) is 7.37 Å². The topological polar surface area (TPSA) is 141 Å². The van der Waals surface area contributed by atoms with Crippen LogP contribution in [-0.4, -0.2) is 43.6 Å². The SMILES string of the molecule is CO[P@](C)(=O)CS(=O)(=O)c1ccc(NC(=O)c2nc(-c3ccc(C)cc3)cnc2N)cc1. The van der Waals surface area contributed by atoms with E-state index in [0.29, 0.717) is 11.4 Å². The molecule has 0 saturated carbocycles. The van der Waals surface area contributed by atoms with Crippen LogP contribution in [0.5, 0.6) is 0 Å². The van der Waals surface area contributed by atoms with E-state index in [-0.39, 0.29) is 16.4 Å². The van der Waals surface area contributed by atoms with Gasteiger partial charge in [-0.2, -0.15) is 0 Å². The highest BCUT2D eigenvalue weighted by Crippen LogP contribution is 2.44. The predicted octanol–water partition coefficient (Wildman–Crippen LogP) is 3.57. The van der Waals surface area contributed by atoms with Crippen LogP contribution < -0.4 is 11.1 Å². The van der Waals surface area contributed by atoms with Crippen molar-refractivity contribution in [3.63, 3.8) is 0 Å². The lowest BCUT2D eigenvalue weighted by molar-refractivity contribution is 0.102. The summed E-state index contributed by atoms with van der Waals surface area (Å²) in [6.45, 7) is 3.22. The number of carbonyl (C=O) groups excluding carboxylic acids is 1. The van der Waals surface area contributed by atoms with Gasteiger partial charge in [-0.25, -0.2) is 18.4 Å². The summed E-state index contributed by atoms with van der Waals surface area (Å²) in [6, 6.07) is 13.1. The molecule has 0 bridgehead atoms. The number of hydrogen-bond acceptors (Lipinski definition) is 8. The molecule has 0 unspecified atom stereocenters. The number of nitrogens with two attached hydrogens (primary N) is 1. The van der Waals surface area contributed by atoms with Gasteiger partial charge in [0.05, 0.1) is 16.8 Å². The number of carbonyl (C=O) groups is 1. The number of aromatic nitrogens is 2. The molecule has 1 heterocycles. The molecule has 0 aliphatic heterocycles. The van der Waals surface area contributed by atoms with Crippen molar-refractivity contribution in [1.29, 1.82) is 0 Å². The van der Waals surface area contributed by atoms with Crippen LogP contribution >= 0.6 is 7.37 Å². The number of sulfone groups is 1. The first-order valence-corrected chi connectivity index (χ1v) is 13.4. The molecule has 0 aliphatic rings. The number of hydrogen-bond donors (Lipinski definition) is 2. The highest BCUT2D eigenvalue weighted by atomic mass is 32.2. The van der Waals surface area contributed by atoms with E-state index in [1.54, 1.807) is 0 Å². The second-order valence-electron chi connectivity index (χ2n) is 7.27. The average molecular weight is 474 g/mol. The van der Waals surface area contributed by atoms with E-state index in [2.05, 4.69) is 15.3 Å². The van der Waals surface area contributed by atoms with Gasteiger partial charge in [0.25, 0.3) is 5.91 Å². The van der Waals surface area contributed by atoms with Gasteiger partial charge in [-0.05, 0) is 31.2 Å². The van der Waals surface area contributed by atoms with E-state index < -0.39 is 28.6 Å². The standard InChI is InChI=1S/C21H23N4O5PS/c1-14-4-6-15(7-5-14)18-12-23-20(22)19(25-18)21(26)24-16-8-10-17(11-9-16)32(28,29)13-31(3,27)30-2/h4-12H,13H2,1-3H3,(H2,22,23)(H,24,26)/t31-/m0/s1. The molecule has 3 rings (SSSR count). The molecule has 1 amide bonds. The van der Waals surface area contributed by atoms with Gasteiger partial charge < -0.3 is 15.6 Å². The Hall–Kier alpha value is -3.07. The molecule has 1 atom stereocenters. The Labute approximate surface area is 186 Å². The monoisotopic (exact) mass is 474 g/mol. The number of nitrogens with zero attached hydrogens (tertiary/aromatic N) is 2. The second-order valence-corrected chi connectivity index (χ2v) is 12.4. The van der Waals surface area contributed by atoms with Crippen molar-refractivity contribution in [3.05, 3.63) is 66.0 Å². The Balaban J connectivity index is 1.80. The normalized spacial score (nSPS) is 13.3. The van der Waals surface area contributed by atoms with E-state index in [1.165, 1.54) is 44.2 Å². The number of aryl methyl sites for hydroxylation is 1. The molecule has 0 saturated heterocycles. The maximum absolute atomic E-state index is 12.7. The van der Waals surface area contributed by atoms with Crippen molar-refractivity contribution in [2.75, 3.05) is 30.3 Å². The summed E-state index contributed by atoms with van der Waals surface area (Å²) in [5, 5.41) is 2.63. The Morgan fingerprint density at radius 1 is 1.12 bits per heavy atom. The first kappa shape index (κ1) is 23.6. The van der Waals surface area contributed by atoms with Crippen LogP contribution in [0.25, 0.3) is 11.3 Å². The minimum Gasteiger partial charge on any atom is -0.382 e. The smallest absolute Gasteiger partial charge is 0.278 e. The number of benzene rings is 2. The van der Waals surface area contributed by atoms with E-state index >= 15 is 0 Å². The van der Waals surface area contributed by atoms with Gasteiger partial charge in [0.15, 0.2) is 21.3 Å². The van der Waals surface area contributed by atoms with Crippen LogP contribution in [0.2, 0.25) is 0 Å². The van der Waals surface area contributed by atoms with Crippen molar-refractivity contribution in [2.45, 2.75) is 11.8 Å². The van der Waals surface area contributed by atoms with Gasteiger partial charge in [-0.15, -0.1) is 0 Å². The number of nitrogens with one attached hydrogen (secondary N) is 1. The van der Waals surface area contributed by atoms with Gasteiger partial charge in [0.1, 0.15) is 5.49 Å². The van der Waals surface area contributed by atoms with Crippen LogP contribution in [0.4, 0.5) is 11.5 Å². The van der Waals surface area contributed by atoms with Crippen LogP contribution in [-0.2, 0) is 18.9 Å². The zero-order valence-electron chi connectivity index (χ0n) is 17.8. The summed E-state index contributed by atoms with van der Waals surface area (Å²) in [5.74, 6) is -0.618. The fraction of sp³-hybridized carbons (Fsp3) is 0.190. The zero-order chi connectivity index (χ0) is 23.5. The van der Waals surface area contributed by atoms with Crippen molar-refractivity contribution >= 4 is 34.6 Å². The Morgan fingerprint density at radius 2 is 1.75 bits per heavy atom. The lowest BCUT2D eigenvalue weighted by Crippen LogP contribution is -2.17. The third-order valence-corrected chi connectivity index (χ3v) is 9.62. The van der Waals surface area contributed by atoms with Crippen LogP contribution in [0, 0.1) is 6.92 Å². The molecular formula is C21H23N4O5PS. The molecule has 0 radical (unpaired) electrons. The molecule has 0 aliphatic carbocycles. The summed E-state index contributed by atoms with van der Waals surface area (Å²) in [7, 11) is -5.87. The average Bonchev–Trinajstić information content (AvgIpc) is 2.74. The molecule has 9 nitrogen and oxygen atoms in total. The minimum absolute atomic E-state index is 0.0316.